The average molecular weight is 274 g/mol. The number of pyridine rings is 1. The van der Waals surface area contributed by atoms with Crippen LogP contribution in [0.5, 0.6) is 0 Å². The smallest absolute Gasteiger partial charge is 0.335 e. The number of carboxylic acid groups (broad SMARTS) is 1. The molecule has 0 radical (unpaired) electrons. The van der Waals surface area contributed by atoms with Gasteiger partial charge in [-0.3, -0.25) is 9.59 Å². The number of anilines is 1. The molecule has 0 unspecified atom stereocenters. The molecule has 2 aromatic rings. The van der Waals surface area contributed by atoms with Crippen LogP contribution in [0.3, 0.4) is 0 Å². The maximum atomic E-state index is 11.9. The van der Waals surface area contributed by atoms with Crippen LogP contribution in [0.1, 0.15) is 20.8 Å². The summed E-state index contributed by atoms with van der Waals surface area (Å²) in [5.74, 6) is -1.62. The Morgan fingerprint density at radius 1 is 1.30 bits per heavy atom. The van der Waals surface area contributed by atoms with Crippen molar-refractivity contribution >= 4 is 17.7 Å². The highest BCUT2D eigenvalue weighted by molar-refractivity contribution is 6.02. The van der Waals surface area contributed by atoms with Gasteiger partial charge in [0.25, 0.3) is 11.5 Å². The first-order valence-corrected chi connectivity index (χ1v) is 5.52. The first kappa shape index (κ1) is 13.4. The first-order valence-electron chi connectivity index (χ1n) is 5.52. The summed E-state index contributed by atoms with van der Waals surface area (Å²) in [6.45, 7) is 0. The van der Waals surface area contributed by atoms with E-state index in [1.54, 1.807) is 0 Å². The van der Waals surface area contributed by atoms with E-state index in [2.05, 4.69) is 15.4 Å². The lowest BCUT2D eigenvalue weighted by Crippen LogP contribution is -2.23. The normalized spacial score (nSPS) is 10.1. The number of nitrogens with one attached hydrogen (secondary N) is 1. The van der Waals surface area contributed by atoms with E-state index in [1.165, 1.54) is 37.5 Å². The molecular formula is C12H10N4O4. The molecule has 2 heterocycles. The SMILES string of the molecule is Cn1nc(C(=O)Nc2cc(C(=O)O)ccn2)ccc1=O. The van der Waals surface area contributed by atoms with Gasteiger partial charge in [-0.05, 0) is 18.2 Å². The molecule has 102 valence electrons. The van der Waals surface area contributed by atoms with Gasteiger partial charge in [-0.15, -0.1) is 0 Å². The third-order valence-electron chi connectivity index (χ3n) is 2.44. The fourth-order valence-corrected chi connectivity index (χ4v) is 1.44. The van der Waals surface area contributed by atoms with Crippen molar-refractivity contribution in [2.24, 2.45) is 7.05 Å². The number of amides is 1. The summed E-state index contributed by atoms with van der Waals surface area (Å²) in [5.41, 5.74) is -0.314. The average Bonchev–Trinajstić information content (AvgIpc) is 2.42. The van der Waals surface area contributed by atoms with Crippen LogP contribution in [0, 0.1) is 0 Å². The summed E-state index contributed by atoms with van der Waals surface area (Å²) in [6, 6.07) is 5.02. The Kier molecular flexibility index (Phi) is 3.56. The molecule has 0 aliphatic heterocycles. The van der Waals surface area contributed by atoms with Gasteiger partial charge in [0.2, 0.25) is 0 Å². The molecule has 0 saturated carbocycles. The second kappa shape index (κ2) is 5.31. The van der Waals surface area contributed by atoms with Gasteiger partial charge >= 0.3 is 5.97 Å². The number of aromatic carboxylic acids is 1. The third-order valence-corrected chi connectivity index (χ3v) is 2.44. The Balaban J connectivity index is 2.23. The number of nitrogens with zero attached hydrogens (tertiary/aromatic N) is 3. The van der Waals surface area contributed by atoms with Crippen molar-refractivity contribution in [1.82, 2.24) is 14.8 Å². The van der Waals surface area contributed by atoms with Gasteiger partial charge in [0, 0.05) is 19.3 Å². The van der Waals surface area contributed by atoms with Crippen molar-refractivity contribution in [3.8, 4) is 0 Å². The Morgan fingerprint density at radius 2 is 2.05 bits per heavy atom. The van der Waals surface area contributed by atoms with Crippen molar-refractivity contribution in [3.05, 3.63) is 52.1 Å². The van der Waals surface area contributed by atoms with E-state index in [-0.39, 0.29) is 22.6 Å². The lowest BCUT2D eigenvalue weighted by Gasteiger charge is -2.05. The van der Waals surface area contributed by atoms with Crippen LogP contribution in [0.4, 0.5) is 5.82 Å². The number of carboxylic acids is 1. The van der Waals surface area contributed by atoms with Crippen LogP contribution in [0.2, 0.25) is 0 Å². The minimum atomic E-state index is -1.12. The van der Waals surface area contributed by atoms with Crippen molar-refractivity contribution in [2.75, 3.05) is 5.32 Å². The molecule has 0 aliphatic carbocycles. The van der Waals surface area contributed by atoms with Crippen LogP contribution in [-0.2, 0) is 7.05 Å². The molecule has 8 nitrogen and oxygen atoms in total. The zero-order valence-electron chi connectivity index (χ0n) is 10.4. The molecular weight excluding hydrogens is 264 g/mol. The van der Waals surface area contributed by atoms with E-state index < -0.39 is 11.9 Å². The van der Waals surface area contributed by atoms with Gasteiger partial charge in [0.05, 0.1) is 5.56 Å². The van der Waals surface area contributed by atoms with Gasteiger partial charge in [-0.25, -0.2) is 14.5 Å². The fraction of sp³-hybridized carbons (Fsp3) is 0.0833. The molecule has 2 rings (SSSR count). The Bertz CT molecular complexity index is 738. The monoisotopic (exact) mass is 274 g/mol. The van der Waals surface area contributed by atoms with Crippen molar-refractivity contribution in [3.63, 3.8) is 0 Å². The van der Waals surface area contributed by atoms with Gasteiger partial charge in [-0.2, -0.15) is 5.10 Å². The second-order valence-corrected chi connectivity index (χ2v) is 3.87. The van der Waals surface area contributed by atoms with Gasteiger partial charge in [0.1, 0.15) is 11.5 Å². The zero-order chi connectivity index (χ0) is 14.7. The summed E-state index contributed by atoms with van der Waals surface area (Å²) < 4.78 is 1.02. The number of rotatable bonds is 3. The maximum Gasteiger partial charge on any atom is 0.335 e. The highest BCUT2D eigenvalue weighted by Gasteiger charge is 2.11. The van der Waals surface area contributed by atoms with Crippen molar-refractivity contribution < 1.29 is 14.7 Å². The summed E-state index contributed by atoms with van der Waals surface area (Å²) in [6.07, 6.45) is 1.27. The number of carbonyl (C=O) groups is 2. The van der Waals surface area contributed by atoms with Crippen LogP contribution >= 0.6 is 0 Å². The number of hydrogen-bond donors (Lipinski definition) is 2. The van der Waals surface area contributed by atoms with Crippen molar-refractivity contribution in [2.45, 2.75) is 0 Å². The summed E-state index contributed by atoms with van der Waals surface area (Å²) >= 11 is 0. The predicted molar refractivity (Wildman–Crippen MR) is 68.6 cm³/mol. The number of aromatic nitrogens is 3. The van der Waals surface area contributed by atoms with E-state index in [0.717, 1.165) is 4.68 Å². The Morgan fingerprint density at radius 3 is 2.70 bits per heavy atom. The number of aryl methyl sites for hydroxylation is 1. The first-order chi connectivity index (χ1) is 9.47. The Labute approximate surface area is 112 Å². The van der Waals surface area contributed by atoms with Gasteiger partial charge < -0.3 is 10.4 Å². The molecule has 8 heteroatoms. The largest absolute Gasteiger partial charge is 0.478 e. The fourth-order valence-electron chi connectivity index (χ4n) is 1.44. The van der Waals surface area contributed by atoms with Crippen LogP contribution in [-0.4, -0.2) is 31.7 Å². The zero-order valence-corrected chi connectivity index (χ0v) is 10.4. The lowest BCUT2D eigenvalue weighted by molar-refractivity contribution is 0.0696. The molecule has 20 heavy (non-hydrogen) atoms. The molecule has 0 aliphatic rings. The van der Waals surface area contributed by atoms with Crippen LogP contribution in [0.25, 0.3) is 0 Å². The second-order valence-electron chi connectivity index (χ2n) is 3.87. The molecule has 0 aromatic carbocycles. The summed E-state index contributed by atoms with van der Waals surface area (Å²) in [7, 11) is 1.42. The number of carbonyl (C=O) groups excluding carboxylic acids is 1. The minimum Gasteiger partial charge on any atom is -0.478 e. The van der Waals surface area contributed by atoms with E-state index in [1.807, 2.05) is 0 Å². The molecule has 2 N–H and O–H groups in total. The minimum absolute atomic E-state index is 0.00345. The third kappa shape index (κ3) is 2.86. The lowest BCUT2D eigenvalue weighted by atomic mass is 10.2. The number of hydrogen-bond acceptors (Lipinski definition) is 5. The predicted octanol–water partition coefficient (Wildman–Crippen LogP) is 0.126. The molecule has 0 bridgehead atoms. The van der Waals surface area contributed by atoms with Crippen LogP contribution in [0.15, 0.2) is 35.3 Å². The summed E-state index contributed by atoms with van der Waals surface area (Å²) in [4.78, 5) is 37.7. The van der Waals surface area contributed by atoms with Crippen LogP contribution < -0.4 is 10.9 Å². The highest BCUT2D eigenvalue weighted by Crippen LogP contribution is 2.08. The molecule has 1 amide bonds. The van der Waals surface area contributed by atoms with Gasteiger partial charge in [-0.1, -0.05) is 0 Å². The maximum absolute atomic E-state index is 11.9. The standard InChI is InChI=1S/C12H10N4O4/c1-16-10(17)3-2-8(15-16)11(18)14-9-6-7(12(19)20)4-5-13-9/h2-6H,1H3,(H,19,20)(H,13,14,18). The summed E-state index contributed by atoms with van der Waals surface area (Å²) in [5, 5.41) is 15.0. The van der Waals surface area contributed by atoms with Crippen molar-refractivity contribution in [1.29, 1.82) is 0 Å². The highest BCUT2D eigenvalue weighted by atomic mass is 16.4. The Hall–Kier alpha value is -3.03. The molecule has 0 atom stereocenters. The molecule has 0 saturated heterocycles. The van der Waals surface area contributed by atoms with E-state index in [9.17, 15) is 14.4 Å². The molecule has 0 spiro atoms. The van der Waals surface area contributed by atoms with E-state index >= 15 is 0 Å². The van der Waals surface area contributed by atoms with E-state index in [0.29, 0.717) is 0 Å². The molecule has 2 aromatic heterocycles. The van der Waals surface area contributed by atoms with Gasteiger partial charge in [0.15, 0.2) is 0 Å². The van der Waals surface area contributed by atoms with E-state index in [4.69, 9.17) is 5.11 Å². The molecule has 0 fully saturated rings. The topological polar surface area (TPSA) is 114 Å². The quantitative estimate of drug-likeness (QED) is 0.822.